The molecule has 0 saturated carbocycles. The fourth-order valence-electron chi connectivity index (χ4n) is 1.11. The van der Waals surface area contributed by atoms with Crippen LogP contribution in [0.25, 0.3) is 0 Å². The molecule has 1 rings (SSSR count). The van der Waals surface area contributed by atoms with Crippen molar-refractivity contribution >= 4 is 10.0 Å². The summed E-state index contributed by atoms with van der Waals surface area (Å²) >= 11 is 0. The first-order valence-electron chi connectivity index (χ1n) is 4.21. The van der Waals surface area contributed by atoms with Crippen molar-refractivity contribution in [1.82, 2.24) is 4.72 Å². The molecule has 6 heteroatoms. The lowest BCUT2D eigenvalue weighted by molar-refractivity contribution is 0.411. The molecule has 0 aromatic heterocycles. The summed E-state index contributed by atoms with van der Waals surface area (Å²) in [5.41, 5.74) is 0.348. The number of methoxy groups -OCH3 is 1. The third-order valence-electron chi connectivity index (χ3n) is 1.83. The molecule has 0 atom stereocenters. The summed E-state index contributed by atoms with van der Waals surface area (Å²) in [5, 5.41) is 0. The van der Waals surface area contributed by atoms with Gasteiger partial charge in [-0.3, -0.25) is 0 Å². The van der Waals surface area contributed by atoms with E-state index in [0.29, 0.717) is 11.3 Å². The minimum atomic E-state index is -3.39. The van der Waals surface area contributed by atoms with Crippen LogP contribution in [0.1, 0.15) is 5.56 Å². The summed E-state index contributed by atoms with van der Waals surface area (Å²) in [6.45, 7) is 0. The number of hydrogen-bond acceptors (Lipinski definition) is 3. The zero-order valence-electron chi connectivity index (χ0n) is 8.45. The molecule has 0 aliphatic rings. The first-order chi connectivity index (χ1) is 6.96. The van der Waals surface area contributed by atoms with Crippen LogP contribution in [0.15, 0.2) is 18.2 Å². The molecular formula is C9H12FNO3S. The highest BCUT2D eigenvalue weighted by atomic mass is 32.2. The number of halogens is 1. The second-order valence-corrected chi connectivity index (χ2v) is 4.89. The summed E-state index contributed by atoms with van der Waals surface area (Å²) in [7, 11) is -0.681. The number of rotatable bonds is 4. The SMILES string of the molecule is CNS(=O)(=O)Cc1cc(F)cc(OC)c1. The molecule has 84 valence electrons. The second-order valence-electron chi connectivity index (χ2n) is 2.96. The lowest BCUT2D eigenvalue weighted by Gasteiger charge is -2.05. The van der Waals surface area contributed by atoms with Crippen LogP contribution >= 0.6 is 0 Å². The number of hydrogen-bond donors (Lipinski definition) is 1. The average Bonchev–Trinajstić information content (AvgIpc) is 2.16. The molecule has 0 saturated heterocycles. The third-order valence-corrected chi connectivity index (χ3v) is 3.17. The summed E-state index contributed by atoms with van der Waals surface area (Å²) in [5.74, 6) is -0.482. The Hall–Kier alpha value is -1.14. The van der Waals surface area contributed by atoms with Gasteiger partial charge < -0.3 is 4.74 Å². The zero-order valence-corrected chi connectivity index (χ0v) is 9.27. The van der Waals surface area contributed by atoms with E-state index in [4.69, 9.17) is 4.74 Å². The maximum absolute atomic E-state index is 13.0. The molecule has 0 aliphatic heterocycles. The van der Waals surface area contributed by atoms with E-state index in [-0.39, 0.29) is 5.75 Å². The van der Waals surface area contributed by atoms with Gasteiger partial charge in [-0.15, -0.1) is 0 Å². The van der Waals surface area contributed by atoms with Gasteiger partial charge in [-0.05, 0) is 24.7 Å². The van der Waals surface area contributed by atoms with E-state index in [1.165, 1.54) is 26.3 Å². The van der Waals surface area contributed by atoms with Crippen molar-refractivity contribution in [3.05, 3.63) is 29.6 Å². The largest absolute Gasteiger partial charge is 0.497 e. The molecule has 1 aromatic carbocycles. The van der Waals surface area contributed by atoms with E-state index >= 15 is 0 Å². The molecule has 1 N–H and O–H groups in total. The predicted octanol–water partition coefficient (Wildman–Crippen LogP) is 0.883. The lowest BCUT2D eigenvalue weighted by Crippen LogP contribution is -2.20. The maximum Gasteiger partial charge on any atom is 0.215 e. The Morgan fingerprint density at radius 2 is 2.07 bits per heavy atom. The maximum atomic E-state index is 13.0. The highest BCUT2D eigenvalue weighted by molar-refractivity contribution is 7.88. The van der Waals surface area contributed by atoms with Crippen LogP contribution < -0.4 is 9.46 Å². The van der Waals surface area contributed by atoms with Crippen molar-refractivity contribution in [2.24, 2.45) is 0 Å². The smallest absolute Gasteiger partial charge is 0.215 e. The van der Waals surface area contributed by atoms with Gasteiger partial charge in [0.1, 0.15) is 11.6 Å². The van der Waals surface area contributed by atoms with Gasteiger partial charge in [0.2, 0.25) is 10.0 Å². The Labute approximate surface area is 88.1 Å². The van der Waals surface area contributed by atoms with Gasteiger partial charge in [-0.1, -0.05) is 0 Å². The van der Waals surface area contributed by atoms with Gasteiger partial charge in [-0.2, -0.15) is 0 Å². The van der Waals surface area contributed by atoms with Gasteiger partial charge in [0.15, 0.2) is 0 Å². The van der Waals surface area contributed by atoms with Gasteiger partial charge in [-0.25, -0.2) is 17.5 Å². The van der Waals surface area contributed by atoms with Crippen LogP contribution in [0.3, 0.4) is 0 Å². The van der Waals surface area contributed by atoms with Crippen LogP contribution in [0.5, 0.6) is 5.75 Å². The van der Waals surface area contributed by atoms with E-state index in [0.717, 1.165) is 6.07 Å². The Morgan fingerprint density at radius 3 is 2.60 bits per heavy atom. The predicted molar refractivity (Wildman–Crippen MR) is 54.6 cm³/mol. The van der Waals surface area contributed by atoms with Crippen LogP contribution in [0.2, 0.25) is 0 Å². The number of sulfonamides is 1. The fraction of sp³-hybridized carbons (Fsp3) is 0.333. The van der Waals surface area contributed by atoms with Gasteiger partial charge >= 0.3 is 0 Å². The van der Waals surface area contributed by atoms with Gasteiger partial charge in [0.25, 0.3) is 0 Å². The molecule has 0 radical (unpaired) electrons. The first-order valence-corrected chi connectivity index (χ1v) is 5.87. The van der Waals surface area contributed by atoms with Crippen molar-refractivity contribution < 1.29 is 17.5 Å². The van der Waals surface area contributed by atoms with E-state index in [2.05, 4.69) is 4.72 Å². The number of ether oxygens (including phenoxy) is 1. The van der Waals surface area contributed by atoms with E-state index in [9.17, 15) is 12.8 Å². The lowest BCUT2D eigenvalue weighted by atomic mass is 10.2. The van der Waals surface area contributed by atoms with Gasteiger partial charge in [0, 0.05) is 6.07 Å². The van der Waals surface area contributed by atoms with E-state index in [1.807, 2.05) is 0 Å². The number of nitrogens with one attached hydrogen (secondary N) is 1. The van der Waals surface area contributed by atoms with E-state index < -0.39 is 15.8 Å². The standard InChI is InChI=1S/C9H12FNO3S/c1-11-15(12,13)6-7-3-8(10)5-9(4-7)14-2/h3-5,11H,6H2,1-2H3. The summed E-state index contributed by atoms with van der Waals surface area (Å²) in [6, 6.07) is 3.84. The molecular weight excluding hydrogens is 221 g/mol. The van der Waals surface area contributed by atoms with Crippen molar-refractivity contribution in [2.45, 2.75) is 5.75 Å². The Balaban J connectivity index is 3.00. The molecule has 4 nitrogen and oxygen atoms in total. The van der Waals surface area contributed by atoms with Crippen LogP contribution in [-0.2, 0) is 15.8 Å². The van der Waals surface area contributed by atoms with Crippen LogP contribution in [0, 0.1) is 5.82 Å². The molecule has 0 amide bonds. The second kappa shape index (κ2) is 4.59. The quantitative estimate of drug-likeness (QED) is 0.840. The van der Waals surface area contributed by atoms with Crippen molar-refractivity contribution in [1.29, 1.82) is 0 Å². The highest BCUT2D eigenvalue weighted by Gasteiger charge is 2.10. The summed E-state index contributed by atoms with van der Waals surface area (Å²) in [4.78, 5) is 0. The minimum absolute atomic E-state index is 0.266. The molecule has 0 spiro atoms. The van der Waals surface area contributed by atoms with Crippen molar-refractivity contribution in [3.63, 3.8) is 0 Å². The normalized spacial score (nSPS) is 11.4. The van der Waals surface area contributed by atoms with Crippen molar-refractivity contribution in [3.8, 4) is 5.75 Å². The molecule has 1 aromatic rings. The fourth-order valence-corrected chi connectivity index (χ4v) is 1.86. The molecule has 15 heavy (non-hydrogen) atoms. The van der Waals surface area contributed by atoms with Crippen LogP contribution in [0.4, 0.5) is 4.39 Å². The zero-order chi connectivity index (χ0) is 11.5. The minimum Gasteiger partial charge on any atom is -0.497 e. The third kappa shape index (κ3) is 3.49. The number of benzene rings is 1. The topological polar surface area (TPSA) is 55.4 Å². The molecule has 0 bridgehead atoms. The molecule has 0 fully saturated rings. The molecule has 0 unspecified atom stereocenters. The molecule has 0 aliphatic carbocycles. The Kier molecular flexibility index (Phi) is 3.65. The van der Waals surface area contributed by atoms with Gasteiger partial charge in [0.05, 0.1) is 12.9 Å². The van der Waals surface area contributed by atoms with E-state index in [1.54, 1.807) is 0 Å². The summed E-state index contributed by atoms with van der Waals surface area (Å²) < 4.78 is 42.4. The Morgan fingerprint density at radius 1 is 1.40 bits per heavy atom. The monoisotopic (exact) mass is 233 g/mol. The molecule has 0 heterocycles. The highest BCUT2D eigenvalue weighted by Crippen LogP contribution is 2.17. The van der Waals surface area contributed by atoms with Crippen LogP contribution in [-0.4, -0.2) is 22.6 Å². The van der Waals surface area contributed by atoms with Crippen molar-refractivity contribution in [2.75, 3.05) is 14.2 Å². The Bertz CT molecular complexity index is 445. The first kappa shape index (κ1) is 11.9. The average molecular weight is 233 g/mol. The summed E-state index contributed by atoms with van der Waals surface area (Å²) in [6.07, 6.45) is 0.